The normalized spacial score (nSPS) is 54.1. The zero-order valence-electron chi connectivity index (χ0n) is 15.4. The molecule has 4 aliphatic rings. The van der Waals surface area contributed by atoms with Crippen LogP contribution >= 0.6 is 15.8 Å². The molecule has 0 aromatic carbocycles. The van der Waals surface area contributed by atoms with E-state index in [-0.39, 0.29) is 0 Å². The summed E-state index contributed by atoms with van der Waals surface area (Å²) < 4.78 is 0. The topological polar surface area (TPSA) is 0 Å². The number of rotatable bonds is 2. The summed E-state index contributed by atoms with van der Waals surface area (Å²) >= 11 is 4.32. The van der Waals surface area contributed by atoms with Crippen molar-refractivity contribution in [1.29, 1.82) is 0 Å². The second kappa shape index (κ2) is 4.80. The number of hydrogen-bond donors (Lipinski definition) is 0. The van der Waals surface area contributed by atoms with Crippen LogP contribution in [0.15, 0.2) is 0 Å². The first-order valence-electron chi connectivity index (χ1n) is 9.83. The van der Waals surface area contributed by atoms with Crippen molar-refractivity contribution in [2.45, 2.75) is 78.9 Å². The Morgan fingerprint density at radius 1 is 0.727 bits per heavy atom. The van der Waals surface area contributed by atoms with Crippen molar-refractivity contribution in [2.75, 3.05) is 0 Å². The molecular weight excluding hydrogens is 331 g/mol. The Hall–Kier alpha value is 0.545. The molecule has 4 aliphatic carbocycles. The van der Waals surface area contributed by atoms with Gasteiger partial charge in [-0.1, -0.05) is 54.4 Å². The molecule has 0 aromatic heterocycles. The predicted molar refractivity (Wildman–Crippen MR) is 100 cm³/mol. The lowest BCUT2D eigenvalue weighted by atomic mass is 9.42. The van der Waals surface area contributed by atoms with Crippen LogP contribution in [-0.4, -0.2) is 5.54 Å². The summed E-state index contributed by atoms with van der Waals surface area (Å²) in [6, 6.07) is 0. The summed E-state index contributed by atoms with van der Waals surface area (Å²) in [6.07, 6.45) is 5.92. The predicted octanol–water partition coefficient (Wildman–Crippen LogP) is 6.52. The fourth-order valence-corrected chi connectivity index (χ4v) is 9.16. The molecule has 0 N–H and O–H groups in total. The van der Waals surface area contributed by atoms with E-state index in [1.807, 2.05) is 0 Å². The monoisotopic (exact) mass is 364 g/mol. The maximum absolute atomic E-state index is 4.32. The van der Waals surface area contributed by atoms with Gasteiger partial charge in [0.15, 0.2) is 0 Å². The maximum Gasteiger partial charge on any atom is 0.230 e. The number of fused-ring (bicyclic) bond motifs is 2. The molecule has 4 fully saturated rings. The lowest BCUT2D eigenvalue weighted by Gasteiger charge is -2.39. The molecule has 4 saturated carbocycles. The molecule has 0 heterocycles. The Morgan fingerprint density at radius 2 is 1.09 bits per heavy atom. The van der Waals surface area contributed by atoms with E-state index in [2.05, 4.69) is 57.3 Å². The second-order valence-electron chi connectivity index (χ2n) is 10.6. The third kappa shape index (κ3) is 2.01. The summed E-state index contributed by atoms with van der Waals surface area (Å²) in [5.41, 5.74) is 2.01. The Morgan fingerprint density at radius 3 is 1.45 bits per heavy atom. The van der Waals surface area contributed by atoms with Crippen molar-refractivity contribution in [3.8, 4) is 0 Å². The van der Waals surface area contributed by atoms with Crippen molar-refractivity contribution in [1.82, 2.24) is 0 Å². The summed E-state index contributed by atoms with van der Waals surface area (Å²) in [5.74, 6) is 7.73. The molecule has 124 valence electrons. The standard InChI is InChI=1S/C20H34BBr/c1-11-7-9-13-15(19(13,3)4)17(11)21(22)18-12(2)8-10-14-16(18)20(14,5)6/h11-18H,7-10H2,1-6H3/t11-,12-,13+,14+,15-,16+,17+,18+/m0/s1. The van der Waals surface area contributed by atoms with Crippen LogP contribution in [0.4, 0.5) is 0 Å². The van der Waals surface area contributed by atoms with Gasteiger partial charge in [-0.05, 0) is 70.8 Å². The van der Waals surface area contributed by atoms with Crippen LogP contribution in [-0.2, 0) is 0 Å². The van der Waals surface area contributed by atoms with E-state index in [0.29, 0.717) is 10.8 Å². The molecule has 0 radical (unpaired) electrons. The van der Waals surface area contributed by atoms with Gasteiger partial charge in [-0.3, -0.25) is 0 Å². The average Bonchev–Trinajstić information content (AvgIpc) is 3.20. The van der Waals surface area contributed by atoms with Gasteiger partial charge in [-0.2, -0.15) is 15.8 Å². The lowest BCUT2D eigenvalue weighted by Crippen LogP contribution is -2.35. The summed E-state index contributed by atoms with van der Waals surface area (Å²) in [6.45, 7) is 15.3. The Labute approximate surface area is 146 Å². The molecule has 0 amide bonds. The van der Waals surface area contributed by atoms with Gasteiger partial charge in [0.05, 0.1) is 0 Å². The van der Waals surface area contributed by atoms with Crippen LogP contribution < -0.4 is 0 Å². The van der Waals surface area contributed by atoms with E-state index in [1.54, 1.807) is 0 Å². The first-order chi connectivity index (χ1) is 10.2. The van der Waals surface area contributed by atoms with Gasteiger partial charge in [-0.15, -0.1) is 0 Å². The van der Waals surface area contributed by atoms with Gasteiger partial charge in [0, 0.05) is 0 Å². The Bertz CT molecular complexity index is 428. The fraction of sp³-hybridized carbons (Fsp3) is 1.00. The maximum atomic E-state index is 4.32. The molecule has 4 rings (SSSR count). The van der Waals surface area contributed by atoms with Crippen LogP contribution in [0, 0.1) is 46.3 Å². The molecule has 0 nitrogen and oxygen atoms in total. The molecule has 0 bridgehead atoms. The van der Waals surface area contributed by atoms with E-state index in [9.17, 15) is 0 Å². The van der Waals surface area contributed by atoms with Crippen LogP contribution in [0.3, 0.4) is 0 Å². The van der Waals surface area contributed by atoms with Crippen molar-refractivity contribution in [2.24, 2.45) is 46.3 Å². The zero-order valence-corrected chi connectivity index (χ0v) is 17.0. The largest absolute Gasteiger partial charge is 0.230 e. The minimum absolute atomic E-state index is 0.623. The van der Waals surface area contributed by atoms with Crippen molar-refractivity contribution in [3.05, 3.63) is 0 Å². The van der Waals surface area contributed by atoms with Gasteiger partial charge in [0.2, 0.25) is 5.54 Å². The third-order valence-electron chi connectivity index (χ3n) is 9.02. The molecule has 0 aliphatic heterocycles. The van der Waals surface area contributed by atoms with E-state index < -0.39 is 0 Å². The summed E-state index contributed by atoms with van der Waals surface area (Å²) in [4.78, 5) is 0. The van der Waals surface area contributed by atoms with E-state index in [4.69, 9.17) is 0 Å². The highest BCUT2D eigenvalue weighted by Gasteiger charge is 2.69. The molecule has 8 atom stereocenters. The van der Waals surface area contributed by atoms with Gasteiger partial charge in [-0.25, -0.2) is 0 Å². The highest BCUT2D eigenvalue weighted by molar-refractivity contribution is 9.24. The van der Waals surface area contributed by atoms with Crippen LogP contribution in [0.5, 0.6) is 0 Å². The number of halogens is 1. The molecule has 0 aromatic rings. The fourth-order valence-electron chi connectivity index (χ4n) is 7.46. The van der Waals surface area contributed by atoms with Crippen molar-refractivity contribution in [3.63, 3.8) is 0 Å². The second-order valence-corrected chi connectivity index (χ2v) is 11.7. The van der Waals surface area contributed by atoms with E-state index >= 15 is 0 Å². The summed E-state index contributed by atoms with van der Waals surface area (Å²) in [7, 11) is 0. The molecule has 0 saturated heterocycles. The highest BCUT2D eigenvalue weighted by Crippen LogP contribution is 2.76. The van der Waals surface area contributed by atoms with Gasteiger partial charge < -0.3 is 0 Å². The molecule has 2 heteroatoms. The van der Waals surface area contributed by atoms with Gasteiger partial charge >= 0.3 is 0 Å². The SMILES string of the molecule is C[C@H]1CC[C@@H]2[C@@H]([C@@H]1B(Br)[C@H]1[C@H]3[C@@H](CC[C@@H]1C)C3(C)C)C2(C)C. The Balaban J connectivity index is 1.59. The summed E-state index contributed by atoms with van der Waals surface area (Å²) in [5, 5.41) is 0. The van der Waals surface area contributed by atoms with Gasteiger partial charge in [0.25, 0.3) is 0 Å². The first kappa shape index (κ1) is 16.0. The minimum Gasteiger partial charge on any atom is -0.156 e. The first-order valence-corrected chi connectivity index (χ1v) is 10.7. The van der Waals surface area contributed by atoms with Crippen LogP contribution in [0.1, 0.15) is 67.2 Å². The average molecular weight is 365 g/mol. The van der Waals surface area contributed by atoms with E-state index in [1.165, 1.54) is 25.7 Å². The lowest BCUT2D eigenvalue weighted by molar-refractivity contribution is 0.332. The number of hydrogen-bond acceptors (Lipinski definition) is 0. The third-order valence-corrected chi connectivity index (χ3v) is 10.2. The minimum atomic E-state index is 0.623. The van der Waals surface area contributed by atoms with Crippen LogP contribution in [0.2, 0.25) is 11.6 Å². The molecule has 0 unspecified atom stereocenters. The Kier molecular flexibility index (Phi) is 3.50. The highest BCUT2D eigenvalue weighted by atomic mass is 79.9. The smallest absolute Gasteiger partial charge is 0.156 e. The van der Waals surface area contributed by atoms with E-state index in [0.717, 1.165) is 52.7 Å². The van der Waals surface area contributed by atoms with Crippen molar-refractivity contribution < 1.29 is 0 Å². The van der Waals surface area contributed by atoms with Crippen LogP contribution in [0.25, 0.3) is 0 Å². The molecule has 22 heavy (non-hydrogen) atoms. The quantitative estimate of drug-likeness (QED) is 0.489. The van der Waals surface area contributed by atoms with Gasteiger partial charge in [0.1, 0.15) is 0 Å². The zero-order chi connectivity index (χ0) is 16.0. The molecular formula is C20H34BBr. The van der Waals surface area contributed by atoms with Crippen molar-refractivity contribution >= 4 is 21.3 Å². The molecule has 0 spiro atoms.